The van der Waals surface area contributed by atoms with Crippen molar-refractivity contribution in [1.82, 2.24) is 5.32 Å². The fourth-order valence-electron chi connectivity index (χ4n) is 3.07. The molecular formula is C20H18F2N2O3. The molecule has 0 spiro atoms. The van der Waals surface area contributed by atoms with Gasteiger partial charge in [-0.15, -0.1) is 0 Å². The maximum atomic E-state index is 13.3. The van der Waals surface area contributed by atoms with Crippen LogP contribution in [0.5, 0.6) is 5.75 Å². The first-order chi connectivity index (χ1) is 12.7. The summed E-state index contributed by atoms with van der Waals surface area (Å²) in [6.07, 6.45) is -1.00. The van der Waals surface area contributed by atoms with Crippen LogP contribution in [0.25, 0.3) is 0 Å². The Kier molecular flexibility index (Phi) is 4.96. The van der Waals surface area contributed by atoms with Crippen LogP contribution in [0.4, 0.5) is 8.78 Å². The summed E-state index contributed by atoms with van der Waals surface area (Å²) in [6, 6.07) is 9.13. The lowest BCUT2D eigenvalue weighted by Gasteiger charge is -2.42. The predicted molar refractivity (Wildman–Crippen MR) is 93.3 cm³/mol. The third-order valence-electron chi connectivity index (χ3n) is 4.60. The second kappa shape index (κ2) is 7.06. The van der Waals surface area contributed by atoms with E-state index in [0.29, 0.717) is 16.9 Å². The van der Waals surface area contributed by atoms with Gasteiger partial charge in [-0.25, -0.2) is 8.78 Å². The van der Waals surface area contributed by atoms with E-state index in [-0.39, 0.29) is 12.1 Å². The van der Waals surface area contributed by atoms with E-state index in [9.17, 15) is 18.7 Å². The maximum Gasteiger partial charge on any atom is 0.176 e. The average molecular weight is 372 g/mol. The second-order valence-electron chi connectivity index (χ2n) is 6.93. The van der Waals surface area contributed by atoms with E-state index in [2.05, 4.69) is 5.32 Å². The van der Waals surface area contributed by atoms with Crippen molar-refractivity contribution in [1.29, 1.82) is 5.26 Å². The molecule has 140 valence electrons. The molecule has 0 fully saturated rings. The number of carbonyl (C=O) groups excluding carboxylic acids is 1. The Morgan fingerprint density at radius 3 is 2.67 bits per heavy atom. The first-order valence-corrected chi connectivity index (χ1v) is 8.35. The van der Waals surface area contributed by atoms with Crippen LogP contribution in [0.2, 0.25) is 0 Å². The minimum absolute atomic E-state index is 0.0215. The Bertz CT molecular complexity index is 937. The summed E-state index contributed by atoms with van der Waals surface area (Å²) in [5.74, 6) is -2.08. The first-order valence-electron chi connectivity index (χ1n) is 8.35. The SMILES string of the molecule is CC1(C)Oc2ccc(C#N)cc2C(NCC(=O)c2ccc(F)c(F)c2)C1O. The number of hydrogen-bond acceptors (Lipinski definition) is 5. The van der Waals surface area contributed by atoms with E-state index >= 15 is 0 Å². The molecule has 0 aliphatic carbocycles. The van der Waals surface area contributed by atoms with Crippen molar-refractivity contribution in [3.8, 4) is 11.8 Å². The summed E-state index contributed by atoms with van der Waals surface area (Å²) in [4.78, 5) is 12.3. The number of nitrogens with one attached hydrogen (secondary N) is 1. The molecule has 0 amide bonds. The monoisotopic (exact) mass is 372 g/mol. The third-order valence-corrected chi connectivity index (χ3v) is 4.60. The van der Waals surface area contributed by atoms with E-state index in [4.69, 9.17) is 10.00 Å². The Morgan fingerprint density at radius 2 is 2.00 bits per heavy atom. The fraction of sp³-hybridized carbons (Fsp3) is 0.300. The molecule has 3 rings (SSSR count). The number of fused-ring (bicyclic) bond motifs is 1. The van der Waals surface area contributed by atoms with Crippen LogP contribution < -0.4 is 10.1 Å². The van der Waals surface area contributed by atoms with Crippen LogP contribution in [-0.2, 0) is 0 Å². The summed E-state index contributed by atoms with van der Waals surface area (Å²) in [6.45, 7) is 3.22. The van der Waals surface area contributed by atoms with Gasteiger partial charge >= 0.3 is 0 Å². The quantitative estimate of drug-likeness (QED) is 0.807. The molecule has 7 heteroatoms. The summed E-state index contributed by atoms with van der Waals surface area (Å²) in [5.41, 5.74) is 0.0410. The summed E-state index contributed by atoms with van der Waals surface area (Å²) in [5, 5.41) is 22.8. The first kappa shape index (κ1) is 19.0. The highest BCUT2D eigenvalue weighted by Gasteiger charge is 2.43. The molecule has 0 saturated heterocycles. The minimum atomic E-state index is -1.10. The number of nitriles is 1. The zero-order chi connectivity index (χ0) is 19.8. The second-order valence-corrected chi connectivity index (χ2v) is 6.93. The Hall–Kier alpha value is -2.82. The molecule has 1 aliphatic rings. The Labute approximate surface area is 155 Å². The van der Waals surface area contributed by atoms with Crippen molar-refractivity contribution in [3.63, 3.8) is 0 Å². The number of ether oxygens (including phenoxy) is 1. The van der Waals surface area contributed by atoms with Crippen LogP contribution in [0.15, 0.2) is 36.4 Å². The van der Waals surface area contributed by atoms with Crippen molar-refractivity contribution in [2.24, 2.45) is 0 Å². The molecule has 2 aromatic rings. The average Bonchev–Trinajstić information content (AvgIpc) is 2.63. The van der Waals surface area contributed by atoms with Gasteiger partial charge in [0.15, 0.2) is 17.4 Å². The molecule has 0 saturated carbocycles. The van der Waals surface area contributed by atoms with Gasteiger partial charge in [0.1, 0.15) is 17.5 Å². The molecular weight excluding hydrogens is 354 g/mol. The van der Waals surface area contributed by atoms with Gasteiger partial charge in [-0.05, 0) is 50.2 Å². The van der Waals surface area contributed by atoms with E-state index in [1.54, 1.807) is 32.0 Å². The largest absolute Gasteiger partial charge is 0.485 e. The van der Waals surface area contributed by atoms with E-state index in [0.717, 1.165) is 12.1 Å². The topological polar surface area (TPSA) is 82.3 Å². The number of nitrogens with zero attached hydrogens (tertiary/aromatic N) is 1. The molecule has 5 nitrogen and oxygen atoms in total. The van der Waals surface area contributed by atoms with Crippen LogP contribution in [0.1, 0.15) is 41.4 Å². The van der Waals surface area contributed by atoms with Crippen LogP contribution in [0, 0.1) is 23.0 Å². The molecule has 0 radical (unpaired) electrons. The lowest BCUT2D eigenvalue weighted by Crippen LogP contribution is -2.53. The zero-order valence-corrected chi connectivity index (χ0v) is 14.8. The van der Waals surface area contributed by atoms with Crippen LogP contribution in [-0.4, -0.2) is 29.1 Å². The lowest BCUT2D eigenvalue weighted by atomic mass is 9.86. The molecule has 2 atom stereocenters. The van der Waals surface area contributed by atoms with Gasteiger partial charge < -0.3 is 15.2 Å². The highest BCUT2D eigenvalue weighted by Crippen LogP contribution is 2.40. The summed E-state index contributed by atoms with van der Waals surface area (Å²) < 4.78 is 32.2. The molecule has 0 aromatic heterocycles. The van der Waals surface area contributed by atoms with Gasteiger partial charge in [0, 0.05) is 11.1 Å². The smallest absolute Gasteiger partial charge is 0.176 e. The van der Waals surface area contributed by atoms with Crippen molar-refractivity contribution in [2.75, 3.05) is 6.54 Å². The lowest BCUT2D eigenvalue weighted by molar-refractivity contribution is -0.0640. The molecule has 1 aliphatic heterocycles. The Balaban J connectivity index is 1.85. The Morgan fingerprint density at radius 1 is 1.26 bits per heavy atom. The standard InChI is InChI=1S/C20H18F2N2O3/c1-20(2)19(26)18(13-7-11(9-23)3-6-17(13)27-20)24-10-16(25)12-4-5-14(21)15(22)8-12/h3-8,18-19,24,26H,10H2,1-2H3. The third kappa shape index (κ3) is 3.68. The molecule has 2 N–H and O–H groups in total. The van der Waals surface area contributed by atoms with Crippen LogP contribution in [0.3, 0.4) is 0 Å². The predicted octanol–water partition coefficient (Wildman–Crippen LogP) is 2.88. The normalized spacial score (nSPS) is 20.3. The molecule has 1 heterocycles. The van der Waals surface area contributed by atoms with Gasteiger partial charge in [-0.1, -0.05) is 0 Å². The van der Waals surface area contributed by atoms with Gasteiger partial charge in [0.25, 0.3) is 0 Å². The number of Topliss-reactive ketones (excluding diaryl/α,β-unsaturated/α-hetero) is 1. The van der Waals surface area contributed by atoms with Crippen molar-refractivity contribution in [2.45, 2.75) is 31.6 Å². The number of aliphatic hydroxyl groups is 1. The summed E-state index contributed by atoms with van der Waals surface area (Å²) >= 11 is 0. The van der Waals surface area contributed by atoms with Crippen LogP contribution >= 0.6 is 0 Å². The number of hydrogen-bond donors (Lipinski definition) is 2. The highest BCUT2D eigenvalue weighted by molar-refractivity contribution is 5.97. The highest BCUT2D eigenvalue weighted by atomic mass is 19.2. The van der Waals surface area contributed by atoms with E-state index in [1.165, 1.54) is 6.07 Å². The molecule has 2 unspecified atom stereocenters. The number of aliphatic hydroxyl groups excluding tert-OH is 1. The molecule has 0 bridgehead atoms. The van der Waals surface area contributed by atoms with E-state index in [1.807, 2.05) is 6.07 Å². The van der Waals surface area contributed by atoms with Gasteiger partial charge in [0.2, 0.25) is 0 Å². The number of ketones is 1. The van der Waals surface area contributed by atoms with Gasteiger partial charge in [-0.2, -0.15) is 5.26 Å². The fourth-order valence-corrected chi connectivity index (χ4v) is 3.07. The summed E-state index contributed by atoms with van der Waals surface area (Å²) in [7, 11) is 0. The number of halogens is 2. The molecule has 27 heavy (non-hydrogen) atoms. The van der Waals surface area contributed by atoms with Crippen molar-refractivity contribution >= 4 is 5.78 Å². The van der Waals surface area contributed by atoms with Crippen molar-refractivity contribution in [3.05, 3.63) is 64.7 Å². The zero-order valence-electron chi connectivity index (χ0n) is 14.8. The van der Waals surface area contributed by atoms with Gasteiger partial charge in [-0.3, -0.25) is 4.79 Å². The van der Waals surface area contributed by atoms with Gasteiger partial charge in [0.05, 0.1) is 24.2 Å². The molecule has 2 aromatic carbocycles. The maximum absolute atomic E-state index is 13.3. The van der Waals surface area contributed by atoms with Crippen molar-refractivity contribution < 1.29 is 23.4 Å². The minimum Gasteiger partial charge on any atom is -0.485 e. The number of rotatable bonds is 4. The number of carbonyl (C=O) groups is 1. The number of benzene rings is 2. The van der Waals surface area contributed by atoms with E-state index < -0.39 is 35.2 Å².